The molecule has 1 atom stereocenters. The molecule has 0 fully saturated rings. The van der Waals surface area contributed by atoms with E-state index < -0.39 is 16.5 Å². The van der Waals surface area contributed by atoms with Gasteiger partial charge in [-0.15, -0.1) is 0 Å². The van der Waals surface area contributed by atoms with Gasteiger partial charge < -0.3 is 19.1 Å². The molecule has 11 heteroatoms. The summed E-state index contributed by atoms with van der Waals surface area (Å²) < 4.78 is 45.0. The molecule has 0 amide bonds. The van der Waals surface area contributed by atoms with Crippen molar-refractivity contribution in [3.05, 3.63) is 24.3 Å². The molecule has 62 heavy (non-hydrogen) atoms. The Kier molecular flexibility index (Phi) is 57.7. The van der Waals surface area contributed by atoms with Crippen LogP contribution in [0.3, 0.4) is 0 Å². The molecule has 0 aliphatic carbocycles. The minimum Gasteiger partial charge on any atom is -0.726 e. The molecule has 0 spiro atoms. The van der Waals surface area contributed by atoms with Gasteiger partial charge >= 0.3 is 41.5 Å². The molecule has 0 saturated carbocycles. The molecule has 0 bridgehead atoms. The second-order valence-corrected chi connectivity index (χ2v) is 18.1. The molecular formula is C51H97NaO9S. The van der Waals surface area contributed by atoms with Gasteiger partial charge in [-0.2, -0.15) is 0 Å². The molecule has 0 aliphatic rings. The van der Waals surface area contributed by atoms with Gasteiger partial charge in [0.2, 0.25) is 10.4 Å². The third-order valence-electron chi connectivity index (χ3n) is 10.9. The van der Waals surface area contributed by atoms with Crippen molar-refractivity contribution in [1.29, 1.82) is 0 Å². The number of esters is 2. The maximum Gasteiger partial charge on any atom is 1.00 e. The van der Waals surface area contributed by atoms with E-state index in [1.54, 1.807) is 0 Å². The summed E-state index contributed by atoms with van der Waals surface area (Å²) in [5.41, 5.74) is 0. The first-order valence-corrected chi connectivity index (χ1v) is 26.9. The summed E-state index contributed by atoms with van der Waals surface area (Å²) in [4.78, 5) is 24.2. The van der Waals surface area contributed by atoms with Gasteiger partial charge in [0.05, 0.1) is 13.2 Å². The zero-order chi connectivity index (χ0) is 45.2. The van der Waals surface area contributed by atoms with Crippen molar-refractivity contribution in [2.24, 2.45) is 0 Å². The average molecular weight is 909 g/mol. The van der Waals surface area contributed by atoms with Crippen molar-refractivity contribution < 1.29 is 70.9 Å². The summed E-state index contributed by atoms with van der Waals surface area (Å²) in [7, 11) is -4.48. The molecule has 0 aromatic carbocycles. The van der Waals surface area contributed by atoms with Gasteiger partial charge in [0.1, 0.15) is 6.61 Å². The van der Waals surface area contributed by atoms with E-state index in [2.05, 4.69) is 49.3 Å². The molecule has 0 radical (unpaired) electrons. The van der Waals surface area contributed by atoms with Crippen LogP contribution < -0.4 is 29.6 Å². The van der Waals surface area contributed by atoms with Crippen LogP contribution in [0.2, 0.25) is 0 Å². The molecule has 0 saturated heterocycles. The van der Waals surface area contributed by atoms with Crippen molar-refractivity contribution in [3.63, 3.8) is 0 Å². The maximum atomic E-state index is 12.1. The predicted molar refractivity (Wildman–Crippen MR) is 254 cm³/mol. The van der Waals surface area contributed by atoms with Gasteiger partial charge in [-0.25, -0.2) is 8.42 Å². The van der Waals surface area contributed by atoms with E-state index in [0.29, 0.717) is 19.3 Å². The van der Waals surface area contributed by atoms with Crippen LogP contribution >= 0.6 is 0 Å². The van der Waals surface area contributed by atoms with E-state index in [-0.39, 0.29) is 61.3 Å². The number of hydrogen-bond acceptors (Lipinski definition) is 9. The van der Waals surface area contributed by atoms with Crippen LogP contribution in [0, 0.1) is 0 Å². The summed E-state index contributed by atoms with van der Waals surface area (Å²) in [6, 6.07) is 0. The van der Waals surface area contributed by atoms with E-state index in [1.165, 1.54) is 161 Å². The third-order valence-corrected chi connectivity index (χ3v) is 11.4. The van der Waals surface area contributed by atoms with Crippen LogP contribution in [0.4, 0.5) is 0 Å². The van der Waals surface area contributed by atoms with Crippen LogP contribution in [-0.2, 0) is 33.6 Å². The average Bonchev–Trinajstić information content (AvgIpc) is 3.24. The third kappa shape index (κ3) is 59.2. The van der Waals surface area contributed by atoms with E-state index in [9.17, 15) is 27.7 Å². The second kappa shape index (κ2) is 54.6. The maximum absolute atomic E-state index is 12.1. The topological polar surface area (TPSA) is 139 Å². The Labute approximate surface area is 405 Å². The van der Waals surface area contributed by atoms with Crippen molar-refractivity contribution in [2.45, 2.75) is 271 Å². The molecule has 362 valence electrons. The molecule has 1 unspecified atom stereocenters. The van der Waals surface area contributed by atoms with Crippen LogP contribution in [-0.4, -0.2) is 55.9 Å². The number of unbranched alkanes of at least 4 members (excludes halogenated alkanes) is 31. The first-order chi connectivity index (χ1) is 29.7. The van der Waals surface area contributed by atoms with Gasteiger partial charge in [0.25, 0.3) is 0 Å². The van der Waals surface area contributed by atoms with Crippen molar-refractivity contribution in [3.8, 4) is 0 Å². The van der Waals surface area contributed by atoms with Crippen LogP contribution in [0.1, 0.15) is 265 Å². The Hall–Kier alpha value is -0.750. The number of aliphatic hydroxyl groups is 1. The minimum absolute atomic E-state index is 0. The van der Waals surface area contributed by atoms with Gasteiger partial charge in [-0.1, -0.05) is 206 Å². The zero-order valence-electron chi connectivity index (χ0n) is 41.0. The minimum atomic E-state index is -4.48. The normalized spacial score (nSPS) is 12.0. The second-order valence-electron chi connectivity index (χ2n) is 17.1. The summed E-state index contributed by atoms with van der Waals surface area (Å²) in [6.07, 6.45) is 52.6. The van der Waals surface area contributed by atoms with Crippen LogP contribution in [0.15, 0.2) is 24.3 Å². The molecule has 0 aromatic rings. The molecule has 0 aromatic heterocycles. The van der Waals surface area contributed by atoms with E-state index in [4.69, 9.17) is 9.47 Å². The van der Waals surface area contributed by atoms with Crippen molar-refractivity contribution >= 4 is 22.3 Å². The van der Waals surface area contributed by atoms with E-state index in [1.807, 2.05) is 0 Å². The number of allylic oxidation sites excluding steroid dienone is 4. The number of carbonyl (C=O) groups is 2. The Morgan fingerprint density at radius 3 is 1.13 bits per heavy atom. The zero-order valence-corrected chi connectivity index (χ0v) is 43.8. The first-order valence-electron chi connectivity index (χ1n) is 25.6. The summed E-state index contributed by atoms with van der Waals surface area (Å²) in [6.45, 7) is 6.35. The Bertz CT molecular complexity index is 1080. The number of aliphatic hydroxyl groups excluding tert-OH is 1. The molecule has 0 rings (SSSR count). The summed E-state index contributed by atoms with van der Waals surface area (Å²) >= 11 is 0. The molecule has 0 aliphatic heterocycles. The number of rotatable bonds is 46. The number of hydrogen-bond donors (Lipinski definition) is 1. The Morgan fingerprint density at radius 1 is 0.484 bits per heavy atom. The molecular weight excluding hydrogens is 812 g/mol. The fraction of sp³-hybridized carbons (Fsp3) is 0.882. The molecule has 9 nitrogen and oxygen atoms in total. The molecule has 1 N–H and O–H groups in total. The molecule has 0 heterocycles. The number of carbonyl (C=O) groups excluding carboxylic acids is 2. The standard InChI is InChI=1S/C39H72O5.C12H26O4S.Na/c1-3-5-7-9-11-13-15-17-19-21-23-25-27-29-31-33-38(41)43-36-37(35-40)44-39(42)34-32-30-28-26-24-22-20-18-16-14-12-10-8-6-4-2;1-2-3-4-5-6-7-8-9-10-11-12-16-17(13,14)15;/h17-20,37,40H,3-16,21-36H2,1-2H3;2-12H2,1H3,(H,13,14,15);/q;;+1/p-1/b19-17-,20-18-;;. The quantitative estimate of drug-likeness (QED) is 0.0158. The van der Waals surface area contributed by atoms with Crippen molar-refractivity contribution in [2.75, 3.05) is 19.8 Å². The predicted octanol–water partition coefficient (Wildman–Crippen LogP) is 11.9. The number of ether oxygens (including phenoxy) is 2. The summed E-state index contributed by atoms with van der Waals surface area (Å²) in [5, 5.41) is 9.53. The summed E-state index contributed by atoms with van der Waals surface area (Å²) in [5.74, 6) is -0.607. The van der Waals surface area contributed by atoms with E-state index in [0.717, 1.165) is 64.2 Å². The van der Waals surface area contributed by atoms with Crippen molar-refractivity contribution in [1.82, 2.24) is 0 Å². The largest absolute Gasteiger partial charge is 1.00 e. The van der Waals surface area contributed by atoms with E-state index >= 15 is 0 Å². The first kappa shape index (κ1) is 65.5. The Morgan fingerprint density at radius 2 is 0.790 bits per heavy atom. The van der Waals surface area contributed by atoms with Crippen LogP contribution in [0.25, 0.3) is 0 Å². The van der Waals surface area contributed by atoms with Gasteiger partial charge in [0, 0.05) is 12.8 Å². The van der Waals surface area contributed by atoms with Gasteiger partial charge in [0.15, 0.2) is 6.10 Å². The smallest absolute Gasteiger partial charge is 0.726 e. The van der Waals surface area contributed by atoms with Crippen LogP contribution in [0.5, 0.6) is 0 Å². The monoisotopic (exact) mass is 909 g/mol. The van der Waals surface area contributed by atoms with Gasteiger partial charge in [-0.05, 0) is 70.6 Å². The van der Waals surface area contributed by atoms with Gasteiger partial charge in [-0.3, -0.25) is 13.8 Å². The Balaban J connectivity index is -0.00000162. The SMILES string of the molecule is CCCCCCCC/C=C\CCCCCCCC(=O)OCC(CO)OC(=O)CCCCCCC/C=C\CCCCCCCC.CCCCCCCCCCCCOS(=O)(=O)[O-].[Na+]. The fourth-order valence-corrected chi connectivity index (χ4v) is 7.38. The fourth-order valence-electron chi connectivity index (χ4n) is 7.06.